The van der Waals surface area contributed by atoms with Gasteiger partial charge in [0.2, 0.25) is 5.95 Å². The van der Waals surface area contributed by atoms with E-state index in [2.05, 4.69) is 15.3 Å². The molecule has 1 N–H and O–H groups in total. The first-order chi connectivity index (χ1) is 23.3. The molecular weight excluding hydrogens is 718 g/mol. The molecule has 2 aromatic heterocycles. The fourth-order valence-corrected chi connectivity index (χ4v) is 8.59. The van der Waals surface area contributed by atoms with Crippen molar-refractivity contribution in [1.29, 1.82) is 0 Å². The van der Waals surface area contributed by atoms with Crippen molar-refractivity contribution in [2.75, 3.05) is 55.8 Å². The van der Waals surface area contributed by atoms with Crippen LogP contribution in [0.3, 0.4) is 0 Å². The lowest BCUT2D eigenvalue weighted by Gasteiger charge is -2.42. The van der Waals surface area contributed by atoms with E-state index in [1.54, 1.807) is 30.0 Å². The number of rotatable bonds is 7. The summed E-state index contributed by atoms with van der Waals surface area (Å²) in [6.45, 7) is 1.91. The van der Waals surface area contributed by atoms with Gasteiger partial charge in [-0.2, -0.15) is 26.3 Å². The third-order valence-electron chi connectivity index (χ3n) is 8.14. The van der Waals surface area contributed by atoms with E-state index < -0.39 is 63.0 Å². The van der Waals surface area contributed by atoms with Gasteiger partial charge in [-0.3, -0.25) is 14.4 Å². The van der Waals surface area contributed by atoms with Crippen molar-refractivity contribution in [1.82, 2.24) is 19.8 Å². The number of aryl methyl sites for hydroxylation is 1. The third kappa shape index (κ3) is 7.64. The maximum Gasteiger partial charge on any atom is 0.471 e. The number of alkyl halides is 6. The minimum Gasteiger partial charge on any atom is -0.464 e. The van der Waals surface area contributed by atoms with Crippen molar-refractivity contribution in [3.63, 3.8) is 0 Å². The van der Waals surface area contributed by atoms with Crippen LogP contribution >= 0.6 is 11.3 Å². The van der Waals surface area contributed by atoms with Crippen LogP contribution in [0.2, 0.25) is 0 Å². The number of sulfone groups is 1. The minimum atomic E-state index is -5.08. The van der Waals surface area contributed by atoms with Gasteiger partial charge in [-0.05, 0) is 36.2 Å². The van der Waals surface area contributed by atoms with E-state index >= 15 is 0 Å². The zero-order valence-electron chi connectivity index (χ0n) is 26.7. The number of ether oxygens (including phenoxy) is 1. The average Bonchev–Trinajstić information content (AvgIpc) is 3.49. The molecule has 12 nitrogen and oxygen atoms in total. The summed E-state index contributed by atoms with van der Waals surface area (Å²) in [4.78, 5) is 47.0. The lowest BCUT2D eigenvalue weighted by atomic mass is 10.1. The largest absolute Gasteiger partial charge is 0.471 e. The number of nitrogens with one attached hydrogen (secondary N) is 1. The van der Waals surface area contributed by atoms with Crippen LogP contribution in [0.5, 0.6) is 0 Å². The zero-order valence-corrected chi connectivity index (χ0v) is 28.3. The van der Waals surface area contributed by atoms with Crippen molar-refractivity contribution >= 4 is 56.3 Å². The van der Waals surface area contributed by atoms with Crippen molar-refractivity contribution in [3.8, 4) is 10.6 Å². The summed E-state index contributed by atoms with van der Waals surface area (Å²) in [5.74, 6) is -3.98. The molecular formula is C30H30F6N6O6S2. The van der Waals surface area contributed by atoms with Gasteiger partial charge in [0.15, 0.2) is 9.84 Å². The quantitative estimate of drug-likeness (QED) is 0.271. The average molecular weight is 749 g/mol. The Morgan fingerprint density at radius 3 is 2.46 bits per heavy atom. The lowest BCUT2D eigenvalue weighted by molar-refractivity contribution is -0.186. The van der Waals surface area contributed by atoms with Crippen LogP contribution in [0.4, 0.5) is 43.7 Å². The number of piperazine rings is 1. The Labute approximate surface area is 285 Å². The molecule has 50 heavy (non-hydrogen) atoms. The first-order valence-electron chi connectivity index (χ1n) is 15.0. The number of esters is 1. The van der Waals surface area contributed by atoms with E-state index in [0.717, 1.165) is 13.0 Å². The van der Waals surface area contributed by atoms with Gasteiger partial charge in [0.1, 0.15) is 17.0 Å². The number of hydrogen-bond acceptors (Lipinski definition) is 11. The minimum absolute atomic E-state index is 0.0200. The van der Waals surface area contributed by atoms with Crippen LogP contribution in [0.25, 0.3) is 10.6 Å². The van der Waals surface area contributed by atoms with Gasteiger partial charge in [-0.15, -0.1) is 11.3 Å². The van der Waals surface area contributed by atoms with Crippen LogP contribution in [-0.2, 0) is 36.8 Å². The highest BCUT2D eigenvalue weighted by Crippen LogP contribution is 2.42. The third-order valence-corrected chi connectivity index (χ3v) is 11.1. The molecule has 0 bridgehead atoms. The second-order valence-corrected chi connectivity index (χ2v) is 14.7. The van der Waals surface area contributed by atoms with Gasteiger partial charge in [-0.1, -0.05) is 6.92 Å². The summed E-state index contributed by atoms with van der Waals surface area (Å²) in [6.07, 6.45) is -9.08. The van der Waals surface area contributed by atoms with Crippen molar-refractivity contribution < 1.29 is 53.9 Å². The Bertz CT molecular complexity index is 1930. The number of benzene rings is 1. The van der Waals surface area contributed by atoms with Crippen LogP contribution in [-0.4, -0.2) is 104 Å². The molecule has 2 aliphatic rings. The Hall–Kier alpha value is -4.46. The first-order valence-corrected chi connectivity index (χ1v) is 17.5. The topological polar surface area (TPSA) is 142 Å². The number of hydrogen-bond donors (Lipinski definition) is 1. The highest BCUT2D eigenvalue weighted by molar-refractivity contribution is 7.91. The molecule has 1 atom stereocenters. The second kappa shape index (κ2) is 13.7. The summed E-state index contributed by atoms with van der Waals surface area (Å²) < 4.78 is 113. The molecule has 0 radical (unpaired) electrons. The highest BCUT2D eigenvalue weighted by atomic mass is 32.2. The number of carbonyl (C=O) groups excluding carboxylic acids is 3. The zero-order chi connectivity index (χ0) is 36.8. The molecule has 2 amide bonds. The summed E-state index contributed by atoms with van der Waals surface area (Å²) in [6, 6.07) is 5.06. The Kier molecular flexibility index (Phi) is 10.1. The SMILES string of the molecule is CCc1cc(N2CCN(C(=O)C(F)(F)F)C[C@@H]2COC(C)=O)ccc1Nc1ncc(C(F)(F)F)c(-c2cc3c(s2)C(=O)N(C)CCS3(=O)=O)n1. The number of aromatic nitrogens is 2. The molecule has 2 aliphatic heterocycles. The predicted octanol–water partition coefficient (Wildman–Crippen LogP) is 4.53. The fourth-order valence-electron chi connectivity index (χ4n) is 5.56. The lowest BCUT2D eigenvalue weighted by Crippen LogP contribution is -2.58. The Balaban J connectivity index is 1.47. The Morgan fingerprint density at radius 2 is 1.82 bits per heavy atom. The number of amides is 2. The predicted molar refractivity (Wildman–Crippen MR) is 169 cm³/mol. The number of thiophene rings is 1. The van der Waals surface area contributed by atoms with Gasteiger partial charge < -0.3 is 24.8 Å². The van der Waals surface area contributed by atoms with Crippen molar-refractivity contribution in [3.05, 3.63) is 46.5 Å². The van der Waals surface area contributed by atoms with Crippen molar-refractivity contribution in [2.45, 2.75) is 43.6 Å². The number of carbonyl (C=O) groups is 3. The first kappa shape index (κ1) is 36.8. The molecule has 0 spiro atoms. The molecule has 270 valence electrons. The smallest absolute Gasteiger partial charge is 0.464 e. The van der Waals surface area contributed by atoms with Crippen LogP contribution in [0.1, 0.15) is 34.6 Å². The maximum absolute atomic E-state index is 14.1. The van der Waals surface area contributed by atoms with E-state index in [1.807, 2.05) is 0 Å². The van der Waals surface area contributed by atoms with Crippen LogP contribution in [0.15, 0.2) is 35.4 Å². The fraction of sp³-hybridized carbons (Fsp3) is 0.433. The molecule has 1 aromatic carbocycles. The normalized spacial score (nSPS) is 18.1. The second-order valence-electron chi connectivity index (χ2n) is 11.5. The van der Waals surface area contributed by atoms with E-state index in [4.69, 9.17) is 4.74 Å². The molecule has 4 heterocycles. The molecule has 0 unspecified atom stereocenters. The van der Waals surface area contributed by atoms with E-state index in [-0.39, 0.29) is 53.4 Å². The summed E-state index contributed by atoms with van der Waals surface area (Å²) in [5, 5.41) is 2.89. The van der Waals surface area contributed by atoms with Gasteiger partial charge in [0.05, 0.1) is 27.3 Å². The van der Waals surface area contributed by atoms with Crippen LogP contribution < -0.4 is 10.2 Å². The summed E-state index contributed by atoms with van der Waals surface area (Å²) in [7, 11) is -2.58. The van der Waals surface area contributed by atoms with Gasteiger partial charge in [0.25, 0.3) is 5.91 Å². The van der Waals surface area contributed by atoms with Gasteiger partial charge >= 0.3 is 24.2 Å². The molecule has 1 saturated heterocycles. The monoisotopic (exact) mass is 748 g/mol. The standard InChI is InChI=1S/C30H30F6N6O6S2/c1-4-17-11-18(42-8-7-41(27(45)30(34,35)36)14-19(42)15-48-16(2)43)5-6-21(17)38-28-37-13-20(29(31,32)33)24(39-28)22-12-23-25(49-22)26(44)40(3)9-10-50(23,46)47/h5-6,11-13,19H,4,7-10,14-15H2,1-3H3,(H,37,38,39)/t19-/m1/s1. The Morgan fingerprint density at radius 1 is 1.10 bits per heavy atom. The number of halogens is 6. The number of nitrogens with zero attached hydrogens (tertiary/aromatic N) is 5. The van der Waals surface area contributed by atoms with Crippen molar-refractivity contribution in [2.24, 2.45) is 0 Å². The maximum atomic E-state index is 14.1. The number of fused-ring (bicyclic) bond motifs is 1. The van der Waals surface area contributed by atoms with Crippen LogP contribution in [0, 0.1) is 0 Å². The van der Waals surface area contributed by atoms with E-state index in [0.29, 0.717) is 45.8 Å². The number of anilines is 3. The summed E-state index contributed by atoms with van der Waals surface area (Å²) >= 11 is 0.583. The van der Waals surface area contributed by atoms with Gasteiger partial charge in [-0.25, -0.2) is 18.4 Å². The molecule has 3 aromatic rings. The van der Waals surface area contributed by atoms with E-state index in [9.17, 15) is 49.1 Å². The molecule has 20 heteroatoms. The highest BCUT2D eigenvalue weighted by Gasteiger charge is 2.45. The molecule has 5 rings (SSSR count). The molecule has 0 aliphatic carbocycles. The summed E-state index contributed by atoms with van der Waals surface area (Å²) in [5.41, 5.74) is -0.367. The molecule has 0 saturated carbocycles. The van der Waals surface area contributed by atoms with E-state index in [1.165, 1.54) is 11.9 Å². The molecule has 1 fully saturated rings. The van der Waals surface area contributed by atoms with Gasteiger partial charge in [0, 0.05) is 57.7 Å².